The maximum absolute atomic E-state index is 11.9. The maximum atomic E-state index is 11.9. The van der Waals surface area contributed by atoms with Crippen molar-refractivity contribution in [2.24, 2.45) is 0 Å². The number of carbonyl (C=O) groups is 3. The lowest BCUT2D eigenvalue weighted by molar-refractivity contribution is -0.125. The van der Waals surface area contributed by atoms with Gasteiger partial charge in [-0.1, -0.05) is 0 Å². The minimum atomic E-state index is -3.52. The van der Waals surface area contributed by atoms with Crippen LogP contribution in [0.5, 0.6) is 0 Å². The van der Waals surface area contributed by atoms with E-state index in [9.17, 15) is 22.8 Å². The first-order valence-electron chi connectivity index (χ1n) is 7.63. The molecule has 4 amide bonds. The van der Waals surface area contributed by atoms with Gasteiger partial charge >= 0.3 is 6.03 Å². The van der Waals surface area contributed by atoms with Crippen LogP contribution < -0.4 is 10.0 Å². The third-order valence-corrected chi connectivity index (χ3v) is 5.16. The van der Waals surface area contributed by atoms with Gasteiger partial charge in [0.15, 0.2) is 0 Å². The molecule has 25 heavy (non-hydrogen) atoms. The Morgan fingerprint density at radius 2 is 1.84 bits per heavy atom. The molecule has 2 rings (SSSR count). The van der Waals surface area contributed by atoms with Crippen molar-refractivity contribution >= 4 is 33.6 Å². The standard InChI is InChI=1S/C15H20N4O5S/c1-16-25(23,24)12-7-5-11(6-8-12)17-13(20)4-3-9-19-14(21)10-18(2)15(19)22/h5-8,16H,3-4,9-10H2,1-2H3,(H,17,20). The van der Waals surface area contributed by atoms with Gasteiger partial charge in [0.05, 0.1) is 4.90 Å². The Balaban J connectivity index is 1.83. The predicted molar refractivity (Wildman–Crippen MR) is 90.3 cm³/mol. The quantitative estimate of drug-likeness (QED) is 0.668. The molecule has 9 nitrogen and oxygen atoms in total. The van der Waals surface area contributed by atoms with E-state index < -0.39 is 10.0 Å². The summed E-state index contributed by atoms with van der Waals surface area (Å²) in [5, 5.41) is 2.64. The van der Waals surface area contributed by atoms with Crippen molar-refractivity contribution in [3.8, 4) is 0 Å². The van der Waals surface area contributed by atoms with Crippen LogP contribution in [0.1, 0.15) is 12.8 Å². The van der Waals surface area contributed by atoms with E-state index in [-0.39, 0.29) is 42.3 Å². The summed E-state index contributed by atoms with van der Waals surface area (Å²) >= 11 is 0. The molecule has 10 heteroatoms. The molecule has 1 aromatic carbocycles. The highest BCUT2D eigenvalue weighted by molar-refractivity contribution is 7.89. The van der Waals surface area contributed by atoms with Crippen LogP contribution in [-0.4, -0.2) is 63.2 Å². The summed E-state index contributed by atoms with van der Waals surface area (Å²) in [7, 11) is -0.654. The van der Waals surface area contributed by atoms with E-state index in [0.717, 1.165) is 4.90 Å². The zero-order valence-corrected chi connectivity index (χ0v) is 14.8. The number of nitrogens with zero attached hydrogens (tertiary/aromatic N) is 2. The van der Waals surface area contributed by atoms with Crippen molar-refractivity contribution in [3.05, 3.63) is 24.3 Å². The van der Waals surface area contributed by atoms with Crippen molar-refractivity contribution in [2.45, 2.75) is 17.7 Å². The Hall–Kier alpha value is -2.46. The van der Waals surface area contributed by atoms with Crippen molar-refractivity contribution in [1.82, 2.24) is 14.5 Å². The molecule has 1 aromatic rings. The van der Waals surface area contributed by atoms with Crippen LogP contribution >= 0.6 is 0 Å². The molecule has 136 valence electrons. The molecule has 1 aliphatic rings. The second kappa shape index (κ2) is 7.62. The molecule has 0 unspecified atom stereocenters. The van der Waals surface area contributed by atoms with Gasteiger partial charge in [-0.3, -0.25) is 14.5 Å². The van der Waals surface area contributed by atoms with Gasteiger partial charge in [0.25, 0.3) is 0 Å². The zero-order valence-electron chi connectivity index (χ0n) is 14.0. The lowest BCUT2D eigenvalue weighted by Crippen LogP contribution is -2.32. The first-order valence-corrected chi connectivity index (χ1v) is 9.12. The number of likely N-dealkylation sites (N-methyl/N-ethyl adjacent to an activating group) is 1. The molecule has 0 radical (unpaired) electrons. The lowest BCUT2D eigenvalue weighted by atomic mass is 10.2. The zero-order chi connectivity index (χ0) is 18.6. The van der Waals surface area contributed by atoms with E-state index in [1.807, 2.05) is 0 Å². The molecule has 1 fully saturated rings. The number of carbonyl (C=O) groups excluding carboxylic acids is 3. The number of amides is 4. The summed E-state index contributed by atoms with van der Waals surface area (Å²) in [6.07, 6.45) is 0.487. The van der Waals surface area contributed by atoms with E-state index in [0.29, 0.717) is 12.1 Å². The first kappa shape index (κ1) is 18.9. The van der Waals surface area contributed by atoms with Gasteiger partial charge in [-0.2, -0.15) is 0 Å². The number of sulfonamides is 1. The van der Waals surface area contributed by atoms with Gasteiger partial charge in [0.1, 0.15) is 6.54 Å². The lowest BCUT2D eigenvalue weighted by Gasteiger charge is -2.13. The largest absolute Gasteiger partial charge is 0.326 e. The number of hydrogen-bond donors (Lipinski definition) is 2. The normalized spacial score (nSPS) is 15.0. The molecule has 0 atom stereocenters. The van der Waals surface area contributed by atoms with E-state index in [4.69, 9.17) is 0 Å². The van der Waals surface area contributed by atoms with E-state index in [1.54, 1.807) is 7.05 Å². The number of hydrogen-bond acceptors (Lipinski definition) is 5. The average Bonchev–Trinajstić information content (AvgIpc) is 2.81. The summed E-state index contributed by atoms with van der Waals surface area (Å²) in [6, 6.07) is 5.40. The summed E-state index contributed by atoms with van der Waals surface area (Å²) in [5.74, 6) is -0.550. The van der Waals surface area contributed by atoms with Crippen molar-refractivity contribution in [2.75, 3.05) is 32.5 Å². The fourth-order valence-electron chi connectivity index (χ4n) is 2.35. The average molecular weight is 368 g/mol. The molecule has 1 saturated heterocycles. The van der Waals surface area contributed by atoms with Crippen LogP contribution in [0.4, 0.5) is 10.5 Å². The van der Waals surface area contributed by atoms with Gasteiger partial charge in [-0.15, -0.1) is 0 Å². The van der Waals surface area contributed by atoms with Gasteiger partial charge in [-0.05, 0) is 37.7 Å². The number of imide groups is 1. The Kier molecular flexibility index (Phi) is 5.75. The fourth-order valence-corrected chi connectivity index (χ4v) is 3.08. The maximum Gasteiger partial charge on any atom is 0.326 e. The molecular weight excluding hydrogens is 348 g/mol. The second-order valence-corrected chi connectivity index (χ2v) is 7.45. The van der Waals surface area contributed by atoms with Crippen LogP contribution in [0.15, 0.2) is 29.2 Å². The van der Waals surface area contributed by atoms with Crippen LogP contribution in [-0.2, 0) is 19.6 Å². The van der Waals surface area contributed by atoms with Crippen LogP contribution in [0.3, 0.4) is 0 Å². The Morgan fingerprint density at radius 3 is 2.36 bits per heavy atom. The number of anilines is 1. The minimum absolute atomic E-state index is 0.0624. The molecule has 1 aliphatic heterocycles. The molecule has 0 saturated carbocycles. The highest BCUT2D eigenvalue weighted by Gasteiger charge is 2.32. The molecule has 2 N–H and O–H groups in total. The predicted octanol–water partition coefficient (Wildman–Crippen LogP) is 0.207. The number of nitrogens with one attached hydrogen (secondary N) is 2. The second-order valence-electron chi connectivity index (χ2n) is 5.57. The Morgan fingerprint density at radius 1 is 1.20 bits per heavy atom. The van der Waals surface area contributed by atoms with Gasteiger partial charge in [0.2, 0.25) is 21.8 Å². The molecular formula is C15H20N4O5S. The summed E-state index contributed by atoms with van der Waals surface area (Å²) in [4.78, 5) is 37.8. The third-order valence-electron chi connectivity index (χ3n) is 3.73. The highest BCUT2D eigenvalue weighted by atomic mass is 32.2. The summed E-state index contributed by atoms with van der Waals surface area (Å²) in [5.41, 5.74) is 0.466. The first-order chi connectivity index (χ1) is 11.7. The monoisotopic (exact) mass is 368 g/mol. The van der Waals surface area contributed by atoms with Crippen LogP contribution in [0, 0.1) is 0 Å². The van der Waals surface area contributed by atoms with Gasteiger partial charge in [0, 0.05) is 25.7 Å². The highest BCUT2D eigenvalue weighted by Crippen LogP contribution is 2.14. The fraction of sp³-hybridized carbons (Fsp3) is 0.400. The van der Waals surface area contributed by atoms with E-state index >= 15 is 0 Å². The SMILES string of the molecule is CNS(=O)(=O)c1ccc(NC(=O)CCCN2C(=O)CN(C)C2=O)cc1. The number of benzene rings is 1. The number of urea groups is 1. The summed E-state index contributed by atoms with van der Waals surface area (Å²) < 4.78 is 25.4. The number of rotatable bonds is 7. The Bertz CT molecular complexity index is 776. The molecule has 1 heterocycles. The minimum Gasteiger partial charge on any atom is -0.326 e. The summed E-state index contributed by atoms with van der Waals surface area (Å²) in [6.45, 7) is 0.252. The molecule has 0 bridgehead atoms. The van der Waals surface area contributed by atoms with Gasteiger partial charge in [-0.25, -0.2) is 17.9 Å². The Labute approximate surface area is 146 Å². The topological polar surface area (TPSA) is 116 Å². The van der Waals surface area contributed by atoms with Crippen molar-refractivity contribution in [3.63, 3.8) is 0 Å². The molecule has 0 aliphatic carbocycles. The van der Waals surface area contributed by atoms with E-state index in [1.165, 1.54) is 36.2 Å². The third kappa shape index (κ3) is 4.54. The molecule has 0 aromatic heterocycles. The molecule has 0 spiro atoms. The van der Waals surface area contributed by atoms with Crippen LogP contribution in [0.25, 0.3) is 0 Å². The van der Waals surface area contributed by atoms with Crippen molar-refractivity contribution in [1.29, 1.82) is 0 Å². The van der Waals surface area contributed by atoms with Crippen molar-refractivity contribution < 1.29 is 22.8 Å². The van der Waals surface area contributed by atoms with E-state index in [2.05, 4.69) is 10.0 Å². The smallest absolute Gasteiger partial charge is 0.326 e. The van der Waals surface area contributed by atoms with Gasteiger partial charge < -0.3 is 10.2 Å². The van der Waals surface area contributed by atoms with Crippen LogP contribution in [0.2, 0.25) is 0 Å².